The van der Waals surface area contributed by atoms with Gasteiger partial charge in [-0.15, -0.1) is 11.6 Å². The smallest absolute Gasteiger partial charge is 0.133 e. The number of hydrogen-bond acceptors (Lipinski definition) is 1. The minimum atomic E-state index is 0.278. The molecule has 0 saturated heterocycles. The van der Waals surface area contributed by atoms with Crippen molar-refractivity contribution in [2.24, 2.45) is 5.41 Å². The molecule has 0 amide bonds. The Morgan fingerprint density at radius 3 is 2.59 bits per heavy atom. The van der Waals surface area contributed by atoms with Gasteiger partial charge in [-0.05, 0) is 47.6 Å². The first-order valence-electron chi connectivity index (χ1n) is 6.28. The van der Waals surface area contributed by atoms with Gasteiger partial charge in [0.1, 0.15) is 11.9 Å². The topological polar surface area (TPSA) is 9.23 Å². The minimum absolute atomic E-state index is 0.278. The maximum Gasteiger partial charge on any atom is 0.133 e. The molecule has 2 fully saturated rings. The Kier molecular flexibility index (Phi) is 3.28. The van der Waals surface area contributed by atoms with Crippen LogP contribution in [-0.2, 0) is 0 Å². The SMILES string of the molecule is ClC1CC(Oc2ccccc2I)C12CCCC2. The van der Waals surface area contributed by atoms with E-state index >= 15 is 0 Å². The Morgan fingerprint density at radius 2 is 1.94 bits per heavy atom. The molecule has 1 aromatic rings. The van der Waals surface area contributed by atoms with Crippen molar-refractivity contribution in [3.63, 3.8) is 0 Å². The maximum absolute atomic E-state index is 6.43. The second-order valence-electron chi connectivity index (χ2n) is 5.18. The first kappa shape index (κ1) is 12.1. The number of halogens is 2. The number of hydrogen-bond donors (Lipinski definition) is 0. The van der Waals surface area contributed by atoms with Crippen LogP contribution >= 0.6 is 34.2 Å². The van der Waals surface area contributed by atoms with Gasteiger partial charge >= 0.3 is 0 Å². The lowest BCUT2D eigenvalue weighted by Crippen LogP contribution is -2.55. The summed E-state index contributed by atoms with van der Waals surface area (Å²) in [5.74, 6) is 1.02. The molecule has 2 aliphatic rings. The van der Waals surface area contributed by atoms with Gasteiger partial charge in [-0.2, -0.15) is 0 Å². The summed E-state index contributed by atoms with van der Waals surface area (Å²) >= 11 is 8.76. The Labute approximate surface area is 121 Å². The summed E-state index contributed by atoms with van der Waals surface area (Å²) in [6, 6.07) is 8.24. The lowest BCUT2D eigenvalue weighted by molar-refractivity contribution is -0.0360. The van der Waals surface area contributed by atoms with Gasteiger partial charge in [-0.1, -0.05) is 25.0 Å². The fraction of sp³-hybridized carbons (Fsp3) is 0.571. The van der Waals surface area contributed by atoms with Crippen LogP contribution in [0.4, 0.5) is 0 Å². The highest BCUT2D eigenvalue weighted by molar-refractivity contribution is 14.1. The third-order valence-electron chi connectivity index (χ3n) is 4.33. The third kappa shape index (κ3) is 1.97. The molecule has 1 aromatic carbocycles. The van der Waals surface area contributed by atoms with Crippen molar-refractivity contribution in [2.45, 2.75) is 43.6 Å². The van der Waals surface area contributed by atoms with Crippen LogP contribution in [0.2, 0.25) is 0 Å². The van der Waals surface area contributed by atoms with Crippen LogP contribution in [0.5, 0.6) is 5.75 Å². The average molecular weight is 363 g/mol. The molecule has 2 atom stereocenters. The zero-order valence-electron chi connectivity index (χ0n) is 9.66. The van der Waals surface area contributed by atoms with E-state index in [1.807, 2.05) is 12.1 Å². The van der Waals surface area contributed by atoms with E-state index in [0.717, 1.165) is 12.2 Å². The third-order valence-corrected chi connectivity index (χ3v) is 5.83. The van der Waals surface area contributed by atoms with Gasteiger partial charge in [0, 0.05) is 17.2 Å². The molecular formula is C14H16ClIO. The average Bonchev–Trinajstić information content (AvgIpc) is 2.83. The zero-order chi connectivity index (χ0) is 11.9. The van der Waals surface area contributed by atoms with E-state index < -0.39 is 0 Å². The molecule has 1 spiro atoms. The summed E-state index contributed by atoms with van der Waals surface area (Å²) in [5.41, 5.74) is 0.278. The van der Waals surface area contributed by atoms with E-state index in [1.54, 1.807) is 0 Å². The van der Waals surface area contributed by atoms with Gasteiger partial charge in [0.15, 0.2) is 0 Å². The molecule has 2 saturated carbocycles. The van der Waals surface area contributed by atoms with Crippen molar-refractivity contribution in [1.29, 1.82) is 0 Å². The molecule has 17 heavy (non-hydrogen) atoms. The lowest BCUT2D eigenvalue weighted by Gasteiger charge is -2.51. The molecule has 0 radical (unpaired) electrons. The summed E-state index contributed by atoms with van der Waals surface area (Å²) in [6.45, 7) is 0. The van der Waals surface area contributed by atoms with Crippen LogP contribution in [0.25, 0.3) is 0 Å². The predicted molar refractivity (Wildman–Crippen MR) is 78.7 cm³/mol. The summed E-state index contributed by atoms with van der Waals surface area (Å²) < 4.78 is 7.39. The van der Waals surface area contributed by atoms with Crippen LogP contribution in [0.15, 0.2) is 24.3 Å². The monoisotopic (exact) mass is 362 g/mol. The standard InChI is InChI=1S/C14H16ClIO/c15-12-9-13(14(12)7-3-4-8-14)17-11-6-2-1-5-10(11)16/h1-2,5-6,12-13H,3-4,7-9H2. The molecule has 0 N–H and O–H groups in total. The van der Waals surface area contributed by atoms with Crippen LogP contribution in [-0.4, -0.2) is 11.5 Å². The summed E-state index contributed by atoms with van der Waals surface area (Å²) in [4.78, 5) is 0. The number of rotatable bonds is 2. The highest BCUT2D eigenvalue weighted by Gasteiger charge is 2.57. The fourth-order valence-electron chi connectivity index (χ4n) is 3.23. The van der Waals surface area contributed by atoms with Gasteiger partial charge in [0.25, 0.3) is 0 Å². The van der Waals surface area contributed by atoms with Gasteiger partial charge in [-0.3, -0.25) is 0 Å². The summed E-state index contributed by atoms with van der Waals surface area (Å²) in [6.07, 6.45) is 6.46. The van der Waals surface area contributed by atoms with Crippen LogP contribution < -0.4 is 4.74 Å². The number of para-hydroxylation sites is 1. The van der Waals surface area contributed by atoms with Gasteiger partial charge in [-0.25, -0.2) is 0 Å². The molecule has 3 rings (SSSR count). The molecule has 0 heterocycles. The minimum Gasteiger partial charge on any atom is -0.489 e. The first-order chi connectivity index (χ1) is 8.22. The van der Waals surface area contributed by atoms with E-state index in [0.29, 0.717) is 11.5 Å². The van der Waals surface area contributed by atoms with E-state index in [-0.39, 0.29) is 5.41 Å². The first-order valence-corrected chi connectivity index (χ1v) is 7.79. The number of ether oxygens (including phenoxy) is 1. The normalized spacial score (nSPS) is 30.2. The summed E-state index contributed by atoms with van der Waals surface area (Å²) in [5, 5.41) is 0.330. The number of benzene rings is 1. The molecule has 2 aliphatic carbocycles. The molecule has 3 heteroatoms. The fourth-order valence-corrected chi connectivity index (χ4v) is 4.26. The number of alkyl halides is 1. The predicted octanol–water partition coefficient (Wildman–Crippen LogP) is 4.61. The largest absolute Gasteiger partial charge is 0.489 e. The zero-order valence-corrected chi connectivity index (χ0v) is 12.6. The van der Waals surface area contributed by atoms with E-state index in [9.17, 15) is 0 Å². The molecule has 0 bridgehead atoms. The van der Waals surface area contributed by atoms with Crippen molar-refractivity contribution in [3.05, 3.63) is 27.8 Å². The summed E-state index contributed by atoms with van der Waals surface area (Å²) in [7, 11) is 0. The van der Waals surface area contributed by atoms with Crippen molar-refractivity contribution < 1.29 is 4.74 Å². The van der Waals surface area contributed by atoms with Crippen molar-refractivity contribution in [1.82, 2.24) is 0 Å². The second-order valence-corrected chi connectivity index (χ2v) is 6.87. The van der Waals surface area contributed by atoms with E-state index in [1.165, 1.54) is 29.3 Å². The van der Waals surface area contributed by atoms with Gasteiger partial charge in [0.2, 0.25) is 0 Å². The van der Waals surface area contributed by atoms with Crippen LogP contribution in [0.1, 0.15) is 32.1 Å². The maximum atomic E-state index is 6.43. The Balaban J connectivity index is 1.77. The van der Waals surface area contributed by atoms with Crippen LogP contribution in [0.3, 0.4) is 0 Å². The van der Waals surface area contributed by atoms with E-state index in [4.69, 9.17) is 16.3 Å². The quantitative estimate of drug-likeness (QED) is 0.551. The Hall–Kier alpha value is 0.0400. The Bertz CT molecular complexity index is 414. The molecule has 2 unspecified atom stereocenters. The van der Waals surface area contributed by atoms with Crippen LogP contribution in [0, 0.1) is 8.99 Å². The highest BCUT2D eigenvalue weighted by atomic mass is 127. The molecule has 92 valence electrons. The Morgan fingerprint density at radius 1 is 1.24 bits per heavy atom. The lowest BCUT2D eigenvalue weighted by atomic mass is 9.64. The van der Waals surface area contributed by atoms with E-state index in [2.05, 4.69) is 34.7 Å². The molecular weight excluding hydrogens is 347 g/mol. The molecule has 0 aromatic heterocycles. The molecule has 1 nitrogen and oxygen atoms in total. The van der Waals surface area contributed by atoms with Gasteiger partial charge < -0.3 is 4.74 Å². The second kappa shape index (κ2) is 4.61. The molecule has 0 aliphatic heterocycles. The van der Waals surface area contributed by atoms with Crippen molar-refractivity contribution >= 4 is 34.2 Å². The highest BCUT2D eigenvalue weighted by Crippen LogP contribution is 2.57. The van der Waals surface area contributed by atoms with Crippen molar-refractivity contribution in [3.8, 4) is 5.75 Å². The van der Waals surface area contributed by atoms with Crippen molar-refractivity contribution in [2.75, 3.05) is 0 Å². The van der Waals surface area contributed by atoms with Gasteiger partial charge in [0.05, 0.1) is 3.57 Å².